The topological polar surface area (TPSA) is 133 Å². The number of nitrogens with zero attached hydrogens (tertiary/aromatic N) is 1. The first-order chi connectivity index (χ1) is 14.2. The number of carbonyl (C=O) groups is 1. The summed E-state index contributed by atoms with van der Waals surface area (Å²) >= 11 is 3.15. The number of hydroxylamine groups is 1. The van der Waals surface area contributed by atoms with E-state index in [-0.39, 0.29) is 48.3 Å². The van der Waals surface area contributed by atoms with Crippen molar-refractivity contribution in [3.63, 3.8) is 0 Å². The number of halogens is 2. The van der Waals surface area contributed by atoms with Crippen LogP contribution in [0.25, 0.3) is 0 Å². The highest BCUT2D eigenvalue weighted by molar-refractivity contribution is 9.10. The molecule has 1 aromatic carbocycles. The molecule has 11 heteroatoms. The maximum atomic E-state index is 14.3. The van der Waals surface area contributed by atoms with Crippen LogP contribution in [0.5, 0.6) is 0 Å². The van der Waals surface area contributed by atoms with Crippen LogP contribution >= 0.6 is 15.9 Å². The number of pyridine rings is 1. The van der Waals surface area contributed by atoms with Gasteiger partial charge in [-0.2, -0.15) is 0 Å². The van der Waals surface area contributed by atoms with Gasteiger partial charge in [-0.15, -0.1) is 0 Å². The maximum absolute atomic E-state index is 14.3. The summed E-state index contributed by atoms with van der Waals surface area (Å²) in [5.41, 5.74) is 1.29. The molecule has 0 saturated carbocycles. The third kappa shape index (κ3) is 4.55. The fourth-order valence-corrected chi connectivity index (χ4v) is 3.39. The molecule has 0 spiro atoms. The third-order valence-electron chi connectivity index (χ3n) is 4.64. The largest absolute Gasteiger partial charge is 0.396 e. The molecule has 1 aliphatic heterocycles. The van der Waals surface area contributed by atoms with Gasteiger partial charge < -0.3 is 25.2 Å². The van der Waals surface area contributed by atoms with Crippen molar-refractivity contribution in [2.24, 2.45) is 5.92 Å². The van der Waals surface area contributed by atoms with Gasteiger partial charge in [0.1, 0.15) is 18.0 Å². The van der Waals surface area contributed by atoms with Gasteiger partial charge in [0.15, 0.2) is 0 Å². The molecule has 3 rings (SSSR count). The van der Waals surface area contributed by atoms with E-state index >= 15 is 0 Å². The highest BCUT2D eigenvalue weighted by atomic mass is 79.9. The number of amides is 1. The average molecular weight is 486 g/mol. The Morgan fingerprint density at radius 2 is 2.10 bits per heavy atom. The van der Waals surface area contributed by atoms with E-state index < -0.39 is 29.5 Å². The van der Waals surface area contributed by atoms with Crippen molar-refractivity contribution in [1.82, 2.24) is 10.0 Å². The number of hydrogen-bond donors (Lipinski definition) is 5. The van der Waals surface area contributed by atoms with E-state index in [1.165, 1.54) is 12.1 Å². The van der Waals surface area contributed by atoms with E-state index in [1.807, 2.05) is 0 Å². The summed E-state index contributed by atoms with van der Waals surface area (Å²) in [7, 11) is 0. The Kier molecular flexibility index (Phi) is 6.88. The lowest BCUT2D eigenvalue weighted by Gasteiger charge is -2.18. The Bertz CT molecular complexity index is 1010. The zero-order valence-electron chi connectivity index (χ0n) is 15.9. The molecule has 9 nitrogen and oxygen atoms in total. The number of aliphatic hydroxyl groups excluding tert-OH is 3. The fraction of sp³-hybridized carbons (Fsp3) is 0.368. The Morgan fingerprint density at radius 1 is 1.37 bits per heavy atom. The second-order valence-electron chi connectivity index (χ2n) is 7.06. The zero-order chi connectivity index (χ0) is 22.0. The minimum Gasteiger partial charge on any atom is -0.396 e. The van der Waals surface area contributed by atoms with Crippen molar-refractivity contribution in [3.8, 4) is 0 Å². The fourth-order valence-electron chi connectivity index (χ4n) is 3.06. The van der Waals surface area contributed by atoms with Gasteiger partial charge in [0.25, 0.3) is 11.5 Å². The van der Waals surface area contributed by atoms with Gasteiger partial charge in [-0.3, -0.25) is 14.4 Å². The van der Waals surface area contributed by atoms with Gasteiger partial charge in [0.05, 0.1) is 35.8 Å². The molecule has 3 unspecified atom stereocenters. The minimum absolute atomic E-state index is 0.000503. The molecule has 1 amide bonds. The first kappa shape index (κ1) is 22.4. The molecule has 2 aromatic rings. The third-order valence-corrected chi connectivity index (χ3v) is 5.13. The summed E-state index contributed by atoms with van der Waals surface area (Å²) in [6.45, 7) is 1.39. The van der Waals surface area contributed by atoms with Crippen molar-refractivity contribution >= 4 is 33.2 Å². The monoisotopic (exact) mass is 485 g/mol. The highest BCUT2D eigenvalue weighted by Gasteiger charge is 2.36. The zero-order valence-corrected chi connectivity index (χ0v) is 17.5. The lowest BCUT2D eigenvalue weighted by molar-refractivity contribution is 0.00915. The number of anilines is 2. The van der Waals surface area contributed by atoms with E-state index in [0.29, 0.717) is 4.47 Å². The number of nitrogens with one attached hydrogen (secondary N) is 2. The first-order valence-electron chi connectivity index (χ1n) is 9.11. The molecule has 0 aliphatic carbocycles. The number of aromatic nitrogens is 1. The second kappa shape index (κ2) is 9.23. The smallest absolute Gasteiger partial charge is 0.278 e. The number of aliphatic hydroxyl groups is 3. The molecule has 0 fully saturated rings. The summed E-state index contributed by atoms with van der Waals surface area (Å²) in [5.74, 6) is -1.68. The lowest BCUT2D eigenvalue weighted by atomic mass is 10.1. The van der Waals surface area contributed by atoms with Crippen molar-refractivity contribution in [3.05, 3.63) is 56.2 Å². The molecule has 1 aromatic heterocycles. The Hall–Kier alpha value is -2.31. The van der Waals surface area contributed by atoms with E-state index in [2.05, 4.69) is 26.7 Å². The molecule has 0 bridgehead atoms. The number of fused-ring (bicyclic) bond motifs is 1. The first-order valence-corrected chi connectivity index (χ1v) is 9.91. The molecular formula is C19H21BrFN3O6. The van der Waals surface area contributed by atoms with Gasteiger partial charge >= 0.3 is 0 Å². The number of benzene rings is 1. The van der Waals surface area contributed by atoms with Crippen LogP contribution in [0.2, 0.25) is 0 Å². The minimum atomic E-state index is -1.49. The molecule has 3 atom stereocenters. The highest BCUT2D eigenvalue weighted by Crippen LogP contribution is 2.33. The van der Waals surface area contributed by atoms with Crippen molar-refractivity contribution in [2.45, 2.75) is 25.7 Å². The lowest BCUT2D eigenvalue weighted by Crippen LogP contribution is -2.31. The molecule has 30 heavy (non-hydrogen) atoms. The van der Waals surface area contributed by atoms with Crippen LogP contribution in [-0.2, 0) is 11.4 Å². The Balaban J connectivity index is 2.02. The standard InChI is InChI=1S/C19H21BrFN3O6/c1-9(7-25)8-30-23-19(29)16-13(22-12-3-2-10(20)4-11(12)21)5-15(27)24-6-14(26)18(28)17(16)24/h2-5,9,14,18,22,25-26,28H,6-8H2,1H3,(H,23,29). The predicted molar refractivity (Wildman–Crippen MR) is 109 cm³/mol. The van der Waals surface area contributed by atoms with E-state index in [4.69, 9.17) is 9.94 Å². The second-order valence-corrected chi connectivity index (χ2v) is 7.97. The quantitative estimate of drug-likeness (QED) is 0.372. The average Bonchev–Trinajstić information content (AvgIpc) is 2.99. The van der Waals surface area contributed by atoms with E-state index in [1.54, 1.807) is 13.0 Å². The molecule has 5 N–H and O–H groups in total. The van der Waals surface area contributed by atoms with Crippen LogP contribution in [0.15, 0.2) is 33.5 Å². The molecule has 2 heterocycles. The molecule has 1 aliphatic rings. The Labute approximate surface area is 179 Å². The van der Waals surface area contributed by atoms with E-state index in [0.717, 1.165) is 10.6 Å². The van der Waals surface area contributed by atoms with Crippen LogP contribution in [0, 0.1) is 11.7 Å². The number of rotatable bonds is 7. The summed E-state index contributed by atoms with van der Waals surface area (Å²) in [6, 6.07) is 5.28. The van der Waals surface area contributed by atoms with Gasteiger partial charge in [0.2, 0.25) is 0 Å². The molecule has 0 radical (unpaired) electrons. The molecular weight excluding hydrogens is 465 g/mol. The molecule has 162 valence electrons. The normalized spacial score (nSPS) is 18.7. The number of carbonyl (C=O) groups excluding carboxylic acids is 1. The van der Waals surface area contributed by atoms with Gasteiger partial charge in [0, 0.05) is 23.1 Å². The predicted octanol–water partition coefficient (Wildman–Crippen LogP) is 1.19. The molecule has 0 saturated heterocycles. The van der Waals surface area contributed by atoms with Crippen LogP contribution in [-0.4, -0.2) is 45.1 Å². The van der Waals surface area contributed by atoms with Crippen molar-refractivity contribution in [1.29, 1.82) is 0 Å². The van der Waals surface area contributed by atoms with Crippen LogP contribution in [0.1, 0.15) is 29.1 Å². The summed E-state index contributed by atoms with van der Waals surface area (Å²) < 4.78 is 15.9. The summed E-state index contributed by atoms with van der Waals surface area (Å²) in [6.07, 6.45) is -2.77. The van der Waals surface area contributed by atoms with Gasteiger partial charge in [-0.25, -0.2) is 9.87 Å². The number of hydrogen-bond acceptors (Lipinski definition) is 7. The van der Waals surface area contributed by atoms with Crippen molar-refractivity contribution < 1.29 is 29.3 Å². The van der Waals surface area contributed by atoms with E-state index in [9.17, 15) is 24.2 Å². The summed E-state index contributed by atoms with van der Waals surface area (Å²) in [4.78, 5) is 30.4. The van der Waals surface area contributed by atoms with Gasteiger partial charge in [-0.05, 0) is 18.2 Å². The SMILES string of the molecule is CC(CO)CONC(=O)c1c(Nc2ccc(Br)cc2F)cc(=O)n2c1C(O)C(O)C2. The van der Waals surface area contributed by atoms with Gasteiger partial charge in [-0.1, -0.05) is 22.9 Å². The van der Waals surface area contributed by atoms with Crippen molar-refractivity contribution in [2.75, 3.05) is 18.5 Å². The summed E-state index contributed by atoms with van der Waals surface area (Å²) in [5, 5.41) is 32.1. The Morgan fingerprint density at radius 3 is 2.77 bits per heavy atom. The maximum Gasteiger partial charge on any atom is 0.278 e. The van der Waals surface area contributed by atoms with Crippen LogP contribution < -0.4 is 16.4 Å². The van der Waals surface area contributed by atoms with Crippen LogP contribution in [0.4, 0.5) is 15.8 Å². The van der Waals surface area contributed by atoms with Crippen LogP contribution in [0.3, 0.4) is 0 Å².